The fourth-order valence-electron chi connectivity index (χ4n) is 0.892. The van der Waals surface area contributed by atoms with Crippen molar-refractivity contribution in [2.45, 2.75) is 13.0 Å². The molecule has 5 nitrogen and oxygen atoms in total. The van der Waals surface area contributed by atoms with Crippen LogP contribution in [0.2, 0.25) is 0 Å². The van der Waals surface area contributed by atoms with Crippen LogP contribution < -0.4 is 5.32 Å². The van der Waals surface area contributed by atoms with Gasteiger partial charge in [-0.2, -0.15) is 0 Å². The molecule has 0 aromatic carbocycles. The molecule has 15 heavy (non-hydrogen) atoms. The van der Waals surface area contributed by atoms with Crippen molar-refractivity contribution in [1.82, 2.24) is 9.97 Å². The minimum Gasteiger partial charge on any atom is -0.463 e. The summed E-state index contributed by atoms with van der Waals surface area (Å²) in [6, 6.07) is 1.46. The van der Waals surface area contributed by atoms with E-state index in [1.54, 1.807) is 13.0 Å². The minimum absolute atomic E-state index is 0.00622. The van der Waals surface area contributed by atoms with Gasteiger partial charge in [-0.1, -0.05) is 5.92 Å². The molecule has 1 N–H and O–H groups in total. The first-order valence-electron chi connectivity index (χ1n) is 4.31. The van der Waals surface area contributed by atoms with Gasteiger partial charge in [-0.3, -0.25) is 0 Å². The Kier molecular flexibility index (Phi) is 3.63. The molecule has 0 spiro atoms. The van der Waals surface area contributed by atoms with E-state index < -0.39 is 5.97 Å². The standard InChI is InChI=1S/C10H11N3O2/c1-4-7(2)12-8-5-6-11-9(13-8)10(14)15-3/h1,5-7H,2-3H3,(H,11,12,13). The van der Waals surface area contributed by atoms with Crippen molar-refractivity contribution < 1.29 is 9.53 Å². The average Bonchev–Trinajstić information content (AvgIpc) is 2.28. The maximum atomic E-state index is 11.1. The number of carbonyl (C=O) groups is 1. The summed E-state index contributed by atoms with van der Waals surface area (Å²) in [6.07, 6.45) is 6.66. The molecule has 1 aromatic heterocycles. The van der Waals surface area contributed by atoms with Crippen LogP contribution in [0.1, 0.15) is 17.5 Å². The highest BCUT2D eigenvalue weighted by Gasteiger charge is 2.09. The van der Waals surface area contributed by atoms with Crippen LogP contribution in [0.4, 0.5) is 5.82 Å². The summed E-state index contributed by atoms with van der Waals surface area (Å²) < 4.78 is 4.49. The first-order valence-corrected chi connectivity index (χ1v) is 4.31. The second kappa shape index (κ2) is 4.96. The van der Waals surface area contributed by atoms with Gasteiger partial charge >= 0.3 is 5.97 Å². The lowest BCUT2D eigenvalue weighted by molar-refractivity contribution is 0.0587. The van der Waals surface area contributed by atoms with Crippen molar-refractivity contribution in [3.8, 4) is 12.3 Å². The molecule has 1 rings (SSSR count). The summed E-state index contributed by atoms with van der Waals surface area (Å²) in [4.78, 5) is 18.8. The van der Waals surface area contributed by atoms with E-state index in [1.165, 1.54) is 13.3 Å². The topological polar surface area (TPSA) is 64.1 Å². The van der Waals surface area contributed by atoms with Gasteiger partial charge in [0.15, 0.2) is 0 Å². The molecule has 1 unspecified atom stereocenters. The van der Waals surface area contributed by atoms with Crippen LogP contribution in [-0.4, -0.2) is 29.1 Å². The zero-order chi connectivity index (χ0) is 11.3. The van der Waals surface area contributed by atoms with Gasteiger partial charge in [0, 0.05) is 6.20 Å². The lowest BCUT2D eigenvalue weighted by Gasteiger charge is -2.08. The predicted molar refractivity (Wildman–Crippen MR) is 55.3 cm³/mol. The molecular weight excluding hydrogens is 194 g/mol. The van der Waals surface area contributed by atoms with E-state index in [0.29, 0.717) is 5.82 Å². The first kappa shape index (κ1) is 11.0. The van der Waals surface area contributed by atoms with Crippen molar-refractivity contribution in [3.05, 3.63) is 18.1 Å². The van der Waals surface area contributed by atoms with E-state index in [1.807, 2.05) is 0 Å². The molecular formula is C10H11N3O2. The lowest BCUT2D eigenvalue weighted by Crippen LogP contribution is -2.15. The molecule has 0 bridgehead atoms. The Labute approximate surface area is 87.9 Å². The van der Waals surface area contributed by atoms with Crippen molar-refractivity contribution in [1.29, 1.82) is 0 Å². The molecule has 0 fully saturated rings. The Bertz CT molecular complexity index is 398. The quantitative estimate of drug-likeness (QED) is 0.581. The highest BCUT2D eigenvalue weighted by atomic mass is 16.5. The van der Waals surface area contributed by atoms with Gasteiger partial charge in [0.2, 0.25) is 5.82 Å². The third-order valence-electron chi connectivity index (χ3n) is 1.64. The monoisotopic (exact) mass is 205 g/mol. The summed E-state index contributed by atoms with van der Waals surface area (Å²) >= 11 is 0. The zero-order valence-electron chi connectivity index (χ0n) is 8.52. The predicted octanol–water partition coefficient (Wildman–Crippen LogP) is 0.697. The summed E-state index contributed by atoms with van der Waals surface area (Å²) in [5.74, 6) is 2.41. The fourth-order valence-corrected chi connectivity index (χ4v) is 0.892. The third kappa shape index (κ3) is 2.95. The van der Waals surface area contributed by atoms with E-state index >= 15 is 0 Å². The van der Waals surface area contributed by atoms with Gasteiger partial charge in [0.25, 0.3) is 0 Å². The van der Waals surface area contributed by atoms with Crippen LogP contribution in [0.5, 0.6) is 0 Å². The summed E-state index contributed by atoms with van der Waals surface area (Å²) in [5.41, 5.74) is 0. The Morgan fingerprint density at radius 2 is 2.47 bits per heavy atom. The smallest absolute Gasteiger partial charge is 0.376 e. The van der Waals surface area contributed by atoms with Gasteiger partial charge < -0.3 is 10.1 Å². The van der Waals surface area contributed by atoms with Crippen molar-refractivity contribution in [3.63, 3.8) is 0 Å². The highest BCUT2D eigenvalue weighted by Crippen LogP contribution is 2.04. The second-order valence-electron chi connectivity index (χ2n) is 2.79. The van der Waals surface area contributed by atoms with E-state index in [0.717, 1.165) is 0 Å². The minimum atomic E-state index is -0.577. The van der Waals surface area contributed by atoms with Gasteiger partial charge in [-0.25, -0.2) is 14.8 Å². The van der Waals surface area contributed by atoms with E-state index in [-0.39, 0.29) is 11.9 Å². The highest BCUT2D eigenvalue weighted by molar-refractivity contribution is 5.85. The largest absolute Gasteiger partial charge is 0.463 e. The molecule has 1 atom stereocenters. The number of hydrogen-bond donors (Lipinski definition) is 1. The Hall–Kier alpha value is -2.09. The SMILES string of the molecule is C#CC(C)Nc1ccnc(C(=O)OC)n1. The van der Waals surface area contributed by atoms with Crippen LogP contribution in [0.25, 0.3) is 0 Å². The van der Waals surface area contributed by atoms with Crippen LogP contribution in [0.3, 0.4) is 0 Å². The maximum Gasteiger partial charge on any atom is 0.376 e. The van der Waals surface area contributed by atoms with E-state index in [2.05, 4.69) is 25.9 Å². The molecule has 5 heteroatoms. The normalized spacial score (nSPS) is 11.3. The molecule has 1 aromatic rings. The van der Waals surface area contributed by atoms with E-state index in [4.69, 9.17) is 6.42 Å². The number of aromatic nitrogens is 2. The Morgan fingerprint density at radius 1 is 1.73 bits per heavy atom. The lowest BCUT2D eigenvalue weighted by atomic mass is 10.3. The number of hydrogen-bond acceptors (Lipinski definition) is 5. The number of nitrogens with zero attached hydrogens (tertiary/aromatic N) is 2. The van der Waals surface area contributed by atoms with E-state index in [9.17, 15) is 4.79 Å². The van der Waals surface area contributed by atoms with Crippen molar-refractivity contribution >= 4 is 11.8 Å². The summed E-state index contributed by atoms with van der Waals surface area (Å²) in [6.45, 7) is 1.81. The number of ether oxygens (including phenoxy) is 1. The molecule has 0 saturated carbocycles. The van der Waals surface area contributed by atoms with Crippen LogP contribution in [-0.2, 0) is 4.74 Å². The number of esters is 1. The number of methoxy groups -OCH3 is 1. The Morgan fingerprint density at radius 3 is 3.07 bits per heavy atom. The van der Waals surface area contributed by atoms with Gasteiger partial charge in [0.05, 0.1) is 13.2 Å². The first-order chi connectivity index (χ1) is 7.17. The molecule has 0 aliphatic carbocycles. The number of terminal acetylenes is 1. The third-order valence-corrected chi connectivity index (χ3v) is 1.64. The van der Waals surface area contributed by atoms with Gasteiger partial charge in [-0.15, -0.1) is 6.42 Å². The Balaban J connectivity index is 2.84. The number of anilines is 1. The average molecular weight is 205 g/mol. The summed E-state index contributed by atoms with van der Waals surface area (Å²) in [5, 5.41) is 2.92. The van der Waals surface area contributed by atoms with Crippen LogP contribution in [0, 0.1) is 12.3 Å². The molecule has 0 aliphatic heterocycles. The fraction of sp³-hybridized carbons (Fsp3) is 0.300. The molecule has 78 valence electrons. The van der Waals surface area contributed by atoms with Crippen molar-refractivity contribution in [2.24, 2.45) is 0 Å². The maximum absolute atomic E-state index is 11.1. The number of nitrogens with one attached hydrogen (secondary N) is 1. The van der Waals surface area contributed by atoms with Gasteiger partial charge in [0.1, 0.15) is 5.82 Å². The van der Waals surface area contributed by atoms with Crippen LogP contribution >= 0.6 is 0 Å². The molecule has 0 amide bonds. The number of carbonyl (C=O) groups excluding carboxylic acids is 1. The summed E-state index contributed by atoms with van der Waals surface area (Å²) in [7, 11) is 1.27. The van der Waals surface area contributed by atoms with Crippen molar-refractivity contribution in [2.75, 3.05) is 12.4 Å². The number of rotatable bonds is 3. The second-order valence-corrected chi connectivity index (χ2v) is 2.79. The van der Waals surface area contributed by atoms with Gasteiger partial charge in [-0.05, 0) is 13.0 Å². The molecule has 0 saturated heterocycles. The molecule has 0 aliphatic rings. The molecule has 0 radical (unpaired) electrons. The zero-order valence-corrected chi connectivity index (χ0v) is 8.52. The molecule has 1 heterocycles. The van der Waals surface area contributed by atoms with Crippen LogP contribution in [0.15, 0.2) is 12.3 Å².